The Kier molecular flexibility index (Phi) is 10.4. The molecule has 2 amide bonds. The maximum atomic E-state index is 15.4. The number of halogens is 1. The number of fused-ring (bicyclic) bond motifs is 3. The third-order valence-electron chi connectivity index (χ3n) is 14.4. The highest BCUT2D eigenvalue weighted by Crippen LogP contribution is 2.44. The van der Waals surface area contributed by atoms with Gasteiger partial charge in [0, 0.05) is 66.5 Å². The minimum Gasteiger partial charge on any atom is -0.374 e. The number of hydrogen-bond acceptors (Lipinski definition) is 12. The Balaban J connectivity index is 0.719. The summed E-state index contributed by atoms with van der Waals surface area (Å²) >= 11 is 0. The number of benzene rings is 1. The molecule has 64 heavy (non-hydrogen) atoms. The molecule has 0 radical (unpaired) electrons. The van der Waals surface area contributed by atoms with Crippen molar-refractivity contribution in [3.8, 4) is 28.6 Å². The van der Waals surface area contributed by atoms with E-state index in [1.165, 1.54) is 11.6 Å². The number of imide groups is 1. The smallest absolute Gasteiger partial charge is 0.249 e. The number of carbonyl (C=O) groups is 2. The zero-order valence-electron chi connectivity index (χ0n) is 35.5. The average Bonchev–Trinajstić information content (AvgIpc) is 4.09. The van der Waals surface area contributed by atoms with Gasteiger partial charge in [-0.2, -0.15) is 15.5 Å². The lowest BCUT2D eigenvalue weighted by molar-refractivity contribution is -0.133. The molecule has 3 saturated heterocycles. The van der Waals surface area contributed by atoms with Crippen LogP contribution in [0.2, 0.25) is 0 Å². The highest BCUT2D eigenvalue weighted by molar-refractivity contribution is 6.01. The third-order valence-corrected chi connectivity index (χ3v) is 14.4. The largest absolute Gasteiger partial charge is 0.374 e. The standard InChI is InChI=1S/C48H49FN12O3/c49-39-22-35(55-40-10-12-43(62)57-47(40)63)4-9-38(39)30-13-18-58(19-14-30)36-5-7-37(8-6-36)60-27-34(26-53-60)41-28-61-45(33(23-50)25-54-61)44(56-41)31-3-11-42(52-24-31)59-20-15-48(16-21-59)46-32(29-64-48)2-1-17-51-46/h1-4,9,11,17,22,24-28,30,36-37,40,55H,5-8,10,12-16,18-21,29H2,(H,57,62,63). The Morgan fingerprint density at radius 1 is 0.875 bits per heavy atom. The minimum absolute atomic E-state index is 0.148. The minimum atomic E-state index is -0.544. The van der Waals surface area contributed by atoms with E-state index in [0.29, 0.717) is 47.2 Å². The number of pyridine rings is 2. The van der Waals surface area contributed by atoms with Crippen molar-refractivity contribution in [2.24, 2.45) is 0 Å². The number of anilines is 2. The average molecular weight is 861 g/mol. The van der Waals surface area contributed by atoms with Crippen molar-refractivity contribution in [1.29, 1.82) is 5.26 Å². The van der Waals surface area contributed by atoms with E-state index in [4.69, 9.17) is 19.8 Å². The first-order valence-corrected chi connectivity index (χ1v) is 22.6. The van der Waals surface area contributed by atoms with Gasteiger partial charge in [-0.1, -0.05) is 12.1 Å². The van der Waals surface area contributed by atoms with E-state index in [1.807, 2.05) is 55.1 Å². The maximum absolute atomic E-state index is 15.4. The molecule has 1 atom stereocenters. The first-order valence-electron chi connectivity index (χ1n) is 22.6. The van der Waals surface area contributed by atoms with Crippen LogP contribution in [-0.2, 0) is 26.5 Å². The molecule has 5 aliphatic rings. The van der Waals surface area contributed by atoms with E-state index in [9.17, 15) is 14.9 Å². The van der Waals surface area contributed by atoms with Crippen molar-refractivity contribution in [2.45, 2.75) is 100 Å². The summed E-state index contributed by atoms with van der Waals surface area (Å²) in [6, 6.07) is 15.8. The van der Waals surface area contributed by atoms with Crippen molar-refractivity contribution in [3.05, 3.63) is 108 Å². The Labute approximate surface area is 369 Å². The molecule has 1 aromatic carbocycles. The number of nitrogens with one attached hydrogen (secondary N) is 2. The van der Waals surface area contributed by atoms with Crippen LogP contribution < -0.4 is 15.5 Å². The molecule has 2 N–H and O–H groups in total. The molecule has 1 spiro atoms. The predicted octanol–water partition coefficient (Wildman–Crippen LogP) is 6.67. The maximum Gasteiger partial charge on any atom is 0.249 e. The van der Waals surface area contributed by atoms with Crippen molar-refractivity contribution in [2.75, 3.05) is 36.4 Å². The molecule has 0 bridgehead atoms. The number of carbonyl (C=O) groups excluding carboxylic acids is 2. The summed E-state index contributed by atoms with van der Waals surface area (Å²) in [5, 5.41) is 24.8. The van der Waals surface area contributed by atoms with Crippen LogP contribution >= 0.6 is 0 Å². The van der Waals surface area contributed by atoms with Crippen LogP contribution in [0.25, 0.3) is 28.0 Å². The number of ether oxygens (including phenoxy) is 1. The van der Waals surface area contributed by atoms with E-state index in [0.717, 1.165) is 106 Å². The van der Waals surface area contributed by atoms with Gasteiger partial charge < -0.3 is 19.9 Å². The van der Waals surface area contributed by atoms with E-state index < -0.39 is 6.04 Å². The van der Waals surface area contributed by atoms with E-state index in [2.05, 4.69) is 53.5 Å². The van der Waals surface area contributed by atoms with E-state index in [1.54, 1.807) is 10.7 Å². The number of likely N-dealkylation sites (tertiary alicyclic amines) is 1. The monoisotopic (exact) mass is 860 g/mol. The Bertz CT molecular complexity index is 2770. The molecule has 1 unspecified atom stereocenters. The molecule has 6 aromatic rings. The number of piperidine rings is 3. The van der Waals surface area contributed by atoms with Crippen LogP contribution in [-0.4, -0.2) is 89.3 Å². The summed E-state index contributed by atoms with van der Waals surface area (Å²) < 4.78 is 25.5. The van der Waals surface area contributed by atoms with Gasteiger partial charge in [-0.3, -0.25) is 24.6 Å². The molecule has 11 rings (SSSR count). The zero-order chi connectivity index (χ0) is 43.4. The second-order valence-corrected chi connectivity index (χ2v) is 18.0. The molecule has 4 fully saturated rings. The molecule has 1 aliphatic carbocycles. The summed E-state index contributed by atoms with van der Waals surface area (Å²) in [6.07, 6.45) is 19.4. The van der Waals surface area contributed by atoms with Crippen LogP contribution in [0.3, 0.4) is 0 Å². The van der Waals surface area contributed by atoms with Gasteiger partial charge in [0.2, 0.25) is 11.8 Å². The van der Waals surface area contributed by atoms with Gasteiger partial charge in [-0.05, 0) is 113 Å². The lowest BCUT2D eigenvalue weighted by Gasteiger charge is -2.41. The number of amides is 2. The number of nitriles is 1. The van der Waals surface area contributed by atoms with Crippen LogP contribution in [0.5, 0.6) is 0 Å². The lowest BCUT2D eigenvalue weighted by Crippen LogP contribution is -2.47. The summed E-state index contributed by atoms with van der Waals surface area (Å²) in [4.78, 5) is 43.3. The SMILES string of the molecule is N#Cc1cnn2cc(-c3cnn(C4CCC(N5CCC(c6ccc(NC7CCC(=O)NC7=O)cc6F)CC5)CC4)c3)nc(-c3ccc(N4CCC5(CC4)OCc4cccnc45)nc3)c12. The molecular formula is C48H49FN12O3. The molecule has 326 valence electrons. The highest BCUT2D eigenvalue weighted by atomic mass is 19.1. The Morgan fingerprint density at radius 3 is 2.47 bits per heavy atom. The van der Waals surface area contributed by atoms with E-state index >= 15 is 4.39 Å². The Hall–Kier alpha value is -6.57. The summed E-state index contributed by atoms with van der Waals surface area (Å²) in [7, 11) is 0. The van der Waals surface area contributed by atoms with Crippen LogP contribution in [0.15, 0.2) is 79.6 Å². The second-order valence-electron chi connectivity index (χ2n) is 18.0. The molecule has 5 aromatic heterocycles. The molecule has 9 heterocycles. The number of hydrogen-bond donors (Lipinski definition) is 2. The predicted molar refractivity (Wildman–Crippen MR) is 235 cm³/mol. The molecule has 4 aliphatic heterocycles. The molecule has 16 heteroatoms. The van der Waals surface area contributed by atoms with Gasteiger partial charge in [0.15, 0.2) is 0 Å². The number of nitrogens with zero attached hydrogens (tertiary/aromatic N) is 10. The van der Waals surface area contributed by atoms with Crippen molar-refractivity contribution in [3.63, 3.8) is 0 Å². The fourth-order valence-electron chi connectivity index (χ4n) is 10.8. The lowest BCUT2D eigenvalue weighted by atomic mass is 9.85. The molecular weight excluding hydrogens is 812 g/mol. The summed E-state index contributed by atoms with van der Waals surface area (Å²) in [5.41, 5.74) is 7.34. The Morgan fingerprint density at radius 2 is 1.70 bits per heavy atom. The van der Waals surface area contributed by atoms with Crippen molar-refractivity contribution < 1.29 is 18.7 Å². The first kappa shape index (κ1) is 40.2. The molecule has 15 nitrogen and oxygen atoms in total. The van der Waals surface area contributed by atoms with Gasteiger partial charge in [-0.25, -0.2) is 18.9 Å². The van der Waals surface area contributed by atoms with Gasteiger partial charge in [0.25, 0.3) is 0 Å². The topological polar surface area (TPSA) is 171 Å². The van der Waals surface area contributed by atoms with Gasteiger partial charge in [0.05, 0.1) is 48.3 Å². The van der Waals surface area contributed by atoms with Crippen LogP contribution in [0.4, 0.5) is 15.9 Å². The quantitative estimate of drug-likeness (QED) is 0.156. The van der Waals surface area contributed by atoms with Crippen LogP contribution in [0.1, 0.15) is 98.6 Å². The van der Waals surface area contributed by atoms with Crippen molar-refractivity contribution in [1.82, 2.24) is 44.6 Å². The van der Waals surface area contributed by atoms with Gasteiger partial charge in [-0.15, -0.1) is 0 Å². The fourth-order valence-corrected chi connectivity index (χ4v) is 10.8. The zero-order valence-corrected chi connectivity index (χ0v) is 35.5. The van der Waals surface area contributed by atoms with Crippen LogP contribution in [0, 0.1) is 17.1 Å². The summed E-state index contributed by atoms with van der Waals surface area (Å²) in [5.74, 6) is 0.141. The van der Waals surface area contributed by atoms with Crippen molar-refractivity contribution >= 4 is 28.8 Å². The van der Waals surface area contributed by atoms with Gasteiger partial charge >= 0.3 is 0 Å². The fraction of sp³-hybridized carbons (Fsp3) is 0.417. The highest BCUT2D eigenvalue weighted by Gasteiger charge is 2.44. The number of aromatic nitrogens is 7. The second kappa shape index (κ2) is 16.5. The number of rotatable bonds is 8. The van der Waals surface area contributed by atoms with Gasteiger partial charge in [0.1, 0.15) is 40.4 Å². The third kappa shape index (κ3) is 7.45. The molecule has 1 saturated carbocycles. The van der Waals surface area contributed by atoms with E-state index in [-0.39, 0.29) is 41.6 Å². The summed E-state index contributed by atoms with van der Waals surface area (Å²) in [6.45, 7) is 4.08. The normalized spacial score (nSPS) is 22.7. The first-order chi connectivity index (χ1) is 31.3.